The summed E-state index contributed by atoms with van der Waals surface area (Å²) in [6.07, 6.45) is 2.69. The van der Waals surface area contributed by atoms with E-state index < -0.39 is 0 Å². The second kappa shape index (κ2) is 6.69. The van der Waals surface area contributed by atoms with Gasteiger partial charge in [0.2, 0.25) is 0 Å². The van der Waals surface area contributed by atoms with Crippen LogP contribution in [0.4, 0.5) is 0 Å². The van der Waals surface area contributed by atoms with E-state index in [1.165, 1.54) is 6.42 Å². The fourth-order valence-electron chi connectivity index (χ4n) is 2.80. The van der Waals surface area contributed by atoms with Gasteiger partial charge in [0.15, 0.2) is 0 Å². The van der Waals surface area contributed by atoms with Crippen molar-refractivity contribution >= 4 is 0 Å². The number of hydrogen-bond acceptors (Lipinski definition) is 4. The Morgan fingerprint density at radius 2 is 2.24 bits per heavy atom. The maximum absolute atomic E-state index is 5.66. The average molecular weight is 242 g/mol. The fraction of sp³-hybridized carbons (Fsp3) is 1.00. The van der Waals surface area contributed by atoms with E-state index in [1.54, 1.807) is 0 Å². The van der Waals surface area contributed by atoms with Gasteiger partial charge in [0.1, 0.15) is 0 Å². The van der Waals surface area contributed by atoms with Crippen LogP contribution < -0.4 is 5.32 Å². The molecule has 0 aromatic carbocycles. The molecule has 3 atom stereocenters. The minimum atomic E-state index is 0.359. The van der Waals surface area contributed by atoms with Crippen LogP contribution >= 0.6 is 0 Å². The molecule has 4 heteroatoms. The third-order valence-corrected chi connectivity index (χ3v) is 3.72. The van der Waals surface area contributed by atoms with Crippen LogP contribution in [0.3, 0.4) is 0 Å². The third kappa shape index (κ3) is 3.65. The van der Waals surface area contributed by atoms with Gasteiger partial charge in [0.05, 0.1) is 19.3 Å². The molecule has 2 saturated heterocycles. The van der Waals surface area contributed by atoms with E-state index in [9.17, 15) is 0 Å². The molecule has 0 radical (unpaired) electrons. The van der Waals surface area contributed by atoms with Crippen molar-refractivity contribution in [3.05, 3.63) is 0 Å². The Balaban J connectivity index is 1.90. The Morgan fingerprint density at radius 1 is 1.35 bits per heavy atom. The Bertz CT molecular complexity index is 225. The van der Waals surface area contributed by atoms with Gasteiger partial charge in [-0.25, -0.2) is 0 Å². The van der Waals surface area contributed by atoms with E-state index in [-0.39, 0.29) is 0 Å². The molecule has 0 bridgehead atoms. The second-order valence-electron chi connectivity index (χ2n) is 5.17. The molecule has 0 aliphatic carbocycles. The Kier molecular flexibility index (Phi) is 5.22. The van der Waals surface area contributed by atoms with Gasteiger partial charge in [-0.15, -0.1) is 0 Å². The topological polar surface area (TPSA) is 33.7 Å². The summed E-state index contributed by atoms with van der Waals surface area (Å²) >= 11 is 0. The number of ether oxygens (including phenoxy) is 2. The zero-order chi connectivity index (χ0) is 12.1. The van der Waals surface area contributed by atoms with Crippen molar-refractivity contribution in [1.82, 2.24) is 10.2 Å². The summed E-state index contributed by atoms with van der Waals surface area (Å²) in [5.74, 6) is 0. The van der Waals surface area contributed by atoms with Crippen molar-refractivity contribution in [2.75, 3.05) is 39.5 Å². The van der Waals surface area contributed by atoms with Gasteiger partial charge in [-0.3, -0.25) is 4.90 Å². The number of morpholine rings is 1. The fourth-order valence-corrected chi connectivity index (χ4v) is 2.80. The first kappa shape index (κ1) is 13.3. The molecular formula is C13H26N2O2. The van der Waals surface area contributed by atoms with Crippen LogP contribution in [0.2, 0.25) is 0 Å². The molecule has 4 nitrogen and oxygen atoms in total. The van der Waals surface area contributed by atoms with Gasteiger partial charge in [-0.2, -0.15) is 0 Å². The molecule has 0 aromatic rings. The van der Waals surface area contributed by atoms with E-state index >= 15 is 0 Å². The van der Waals surface area contributed by atoms with E-state index in [0.717, 1.165) is 45.9 Å². The molecule has 0 amide bonds. The third-order valence-electron chi connectivity index (χ3n) is 3.72. The molecule has 2 aliphatic heterocycles. The Hall–Kier alpha value is -0.160. The molecule has 2 rings (SSSR count). The summed E-state index contributed by atoms with van der Waals surface area (Å²) in [7, 11) is 0. The van der Waals surface area contributed by atoms with Crippen LogP contribution in [0.25, 0.3) is 0 Å². The van der Waals surface area contributed by atoms with Crippen molar-refractivity contribution in [1.29, 1.82) is 0 Å². The minimum Gasteiger partial charge on any atom is -0.380 e. The van der Waals surface area contributed by atoms with Crippen LogP contribution in [0, 0.1) is 0 Å². The average Bonchev–Trinajstić information content (AvgIpc) is 2.37. The standard InChI is InChI=1S/C13H26N2O2/c1-3-5-14-12-4-7-16-10-13(12)15-6-8-17-11(2)9-15/h11-14H,3-10H2,1-2H3. The van der Waals surface area contributed by atoms with Crippen LogP contribution in [-0.2, 0) is 9.47 Å². The summed E-state index contributed by atoms with van der Waals surface area (Å²) in [5, 5.41) is 3.67. The lowest BCUT2D eigenvalue weighted by Gasteiger charge is -2.43. The molecule has 3 unspecified atom stereocenters. The van der Waals surface area contributed by atoms with Gasteiger partial charge < -0.3 is 14.8 Å². The van der Waals surface area contributed by atoms with Crippen LogP contribution in [-0.4, -0.2) is 62.5 Å². The zero-order valence-corrected chi connectivity index (χ0v) is 11.2. The van der Waals surface area contributed by atoms with Crippen LogP contribution in [0.1, 0.15) is 26.7 Å². The maximum atomic E-state index is 5.66. The molecule has 100 valence electrons. The number of nitrogens with one attached hydrogen (secondary N) is 1. The summed E-state index contributed by atoms with van der Waals surface area (Å²) < 4.78 is 11.3. The van der Waals surface area contributed by atoms with Crippen molar-refractivity contribution < 1.29 is 9.47 Å². The predicted molar refractivity (Wildman–Crippen MR) is 68.3 cm³/mol. The van der Waals surface area contributed by atoms with E-state index in [4.69, 9.17) is 9.47 Å². The van der Waals surface area contributed by atoms with Gasteiger partial charge >= 0.3 is 0 Å². The molecule has 2 heterocycles. The largest absolute Gasteiger partial charge is 0.380 e. The molecule has 0 aromatic heterocycles. The van der Waals surface area contributed by atoms with Crippen molar-refractivity contribution in [2.24, 2.45) is 0 Å². The van der Waals surface area contributed by atoms with Crippen LogP contribution in [0.15, 0.2) is 0 Å². The van der Waals surface area contributed by atoms with Gasteiger partial charge in [-0.05, 0) is 26.3 Å². The smallest absolute Gasteiger partial charge is 0.0674 e. The quantitative estimate of drug-likeness (QED) is 0.793. The van der Waals surface area contributed by atoms with Crippen molar-refractivity contribution in [3.8, 4) is 0 Å². The predicted octanol–water partition coefficient (Wildman–Crippen LogP) is 0.864. The highest BCUT2D eigenvalue weighted by molar-refractivity contribution is 4.89. The first-order valence-electron chi connectivity index (χ1n) is 6.98. The molecule has 0 saturated carbocycles. The molecular weight excluding hydrogens is 216 g/mol. The number of nitrogens with zero attached hydrogens (tertiary/aromatic N) is 1. The first-order chi connectivity index (χ1) is 8.31. The van der Waals surface area contributed by atoms with E-state index in [1.807, 2.05) is 0 Å². The van der Waals surface area contributed by atoms with Crippen LogP contribution in [0.5, 0.6) is 0 Å². The highest BCUT2D eigenvalue weighted by Crippen LogP contribution is 2.17. The maximum Gasteiger partial charge on any atom is 0.0674 e. The lowest BCUT2D eigenvalue weighted by atomic mass is 10.0. The highest BCUT2D eigenvalue weighted by Gasteiger charge is 2.32. The van der Waals surface area contributed by atoms with Gasteiger partial charge in [0, 0.05) is 31.8 Å². The van der Waals surface area contributed by atoms with Crippen molar-refractivity contribution in [3.63, 3.8) is 0 Å². The van der Waals surface area contributed by atoms with Gasteiger partial charge in [-0.1, -0.05) is 6.92 Å². The molecule has 17 heavy (non-hydrogen) atoms. The SMILES string of the molecule is CCCNC1CCOCC1N1CCOC(C)C1. The lowest BCUT2D eigenvalue weighted by molar-refractivity contribution is -0.0717. The second-order valence-corrected chi connectivity index (χ2v) is 5.17. The summed E-state index contributed by atoms with van der Waals surface area (Å²) in [5.41, 5.74) is 0. The molecule has 1 N–H and O–H groups in total. The molecule has 2 aliphatic rings. The van der Waals surface area contributed by atoms with Gasteiger partial charge in [0.25, 0.3) is 0 Å². The molecule has 2 fully saturated rings. The van der Waals surface area contributed by atoms with E-state index in [2.05, 4.69) is 24.1 Å². The first-order valence-corrected chi connectivity index (χ1v) is 6.98. The normalized spacial score (nSPS) is 36.0. The summed E-state index contributed by atoms with van der Waals surface area (Å²) in [6.45, 7) is 10.2. The lowest BCUT2D eigenvalue weighted by Crippen LogP contribution is -2.59. The van der Waals surface area contributed by atoms with E-state index in [0.29, 0.717) is 18.2 Å². The summed E-state index contributed by atoms with van der Waals surface area (Å²) in [6, 6.07) is 1.12. The monoisotopic (exact) mass is 242 g/mol. The Morgan fingerprint density at radius 3 is 3.00 bits per heavy atom. The minimum absolute atomic E-state index is 0.359. The highest BCUT2D eigenvalue weighted by atomic mass is 16.5. The van der Waals surface area contributed by atoms with Crippen molar-refractivity contribution in [2.45, 2.75) is 44.9 Å². The number of rotatable bonds is 4. The Labute approximate surface area is 105 Å². The molecule has 0 spiro atoms. The zero-order valence-electron chi connectivity index (χ0n) is 11.2. The number of hydrogen-bond donors (Lipinski definition) is 1. The summed E-state index contributed by atoms with van der Waals surface area (Å²) in [4.78, 5) is 2.54.